The molecule has 2 rings (SSSR count). The first-order valence-electron chi connectivity index (χ1n) is 7.91. The molecule has 1 aliphatic rings. The van der Waals surface area contributed by atoms with Crippen molar-refractivity contribution in [1.82, 2.24) is 4.90 Å². The number of hydrogen-bond donors (Lipinski definition) is 2. The van der Waals surface area contributed by atoms with Gasteiger partial charge in [0.15, 0.2) is 11.5 Å². The van der Waals surface area contributed by atoms with Crippen LogP contribution in [-0.2, 0) is 4.79 Å². The number of nitrogens with two attached hydrogens (primary N) is 1. The van der Waals surface area contributed by atoms with Crippen LogP contribution in [0.25, 0.3) is 0 Å². The molecule has 25 heavy (non-hydrogen) atoms. The summed E-state index contributed by atoms with van der Waals surface area (Å²) in [6.45, 7) is 0. The predicted octanol–water partition coefficient (Wildman–Crippen LogP) is 1.89. The van der Waals surface area contributed by atoms with Crippen LogP contribution in [-0.4, -0.2) is 51.1 Å². The molecule has 140 valence electrons. The first kappa shape index (κ1) is 21.1. The lowest BCUT2D eigenvalue weighted by Gasteiger charge is -2.19. The minimum atomic E-state index is -0.227. The molecule has 3 N–H and O–H groups in total. The summed E-state index contributed by atoms with van der Waals surface area (Å²) < 4.78 is 10.5. The zero-order chi connectivity index (χ0) is 17.9. The molecule has 1 fully saturated rings. The number of anilines is 1. The van der Waals surface area contributed by atoms with Gasteiger partial charge in [-0.05, 0) is 25.3 Å². The van der Waals surface area contributed by atoms with Gasteiger partial charge in [0.1, 0.15) is 0 Å². The summed E-state index contributed by atoms with van der Waals surface area (Å²) in [5.41, 5.74) is 6.65. The van der Waals surface area contributed by atoms with Gasteiger partial charge in [-0.2, -0.15) is 0 Å². The SMILES string of the molecule is COc1cc(NC(=O)C2CCC(N)C2)c(C(=O)N(C)C)cc1OC.Cl. The Morgan fingerprint density at radius 2 is 1.76 bits per heavy atom. The van der Waals surface area contributed by atoms with Crippen molar-refractivity contribution < 1.29 is 19.1 Å². The van der Waals surface area contributed by atoms with Gasteiger partial charge in [0, 0.05) is 32.1 Å². The molecule has 0 aromatic heterocycles. The fraction of sp³-hybridized carbons (Fsp3) is 0.529. The number of carbonyl (C=O) groups excluding carboxylic acids is 2. The lowest BCUT2D eigenvalue weighted by Crippen LogP contribution is -2.27. The highest BCUT2D eigenvalue weighted by Gasteiger charge is 2.29. The molecule has 0 radical (unpaired) electrons. The quantitative estimate of drug-likeness (QED) is 0.824. The Morgan fingerprint density at radius 1 is 1.16 bits per heavy atom. The summed E-state index contributed by atoms with van der Waals surface area (Å²) >= 11 is 0. The van der Waals surface area contributed by atoms with Crippen molar-refractivity contribution in [2.24, 2.45) is 11.7 Å². The molecule has 8 heteroatoms. The second-order valence-corrected chi connectivity index (χ2v) is 6.21. The number of ether oxygens (including phenoxy) is 2. The van der Waals surface area contributed by atoms with Crippen LogP contribution >= 0.6 is 12.4 Å². The Kier molecular flexibility index (Phi) is 7.51. The van der Waals surface area contributed by atoms with E-state index in [0.717, 1.165) is 12.8 Å². The standard InChI is InChI=1S/C17H25N3O4.ClH/c1-20(2)17(22)12-8-14(23-3)15(24-4)9-13(12)19-16(21)10-5-6-11(18)7-10;/h8-11H,5-7,18H2,1-4H3,(H,19,21);1H. The van der Waals surface area contributed by atoms with E-state index in [0.29, 0.717) is 29.2 Å². The Hall–Kier alpha value is -1.99. The van der Waals surface area contributed by atoms with Gasteiger partial charge in [0.2, 0.25) is 5.91 Å². The van der Waals surface area contributed by atoms with Crippen molar-refractivity contribution in [3.05, 3.63) is 17.7 Å². The fourth-order valence-corrected chi connectivity index (χ4v) is 2.89. The number of nitrogens with one attached hydrogen (secondary N) is 1. The van der Waals surface area contributed by atoms with Gasteiger partial charge in [0.25, 0.3) is 5.91 Å². The van der Waals surface area contributed by atoms with Crippen LogP contribution in [0.2, 0.25) is 0 Å². The Labute approximate surface area is 154 Å². The van der Waals surface area contributed by atoms with Crippen molar-refractivity contribution in [3.8, 4) is 11.5 Å². The number of halogens is 1. The number of benzene rings is 1. The van der Waals surface area contributed by atoms with Crippen molar-refractivity contribution in [3.63, 3.8) is 0 Å². The van der Waals surface area contributed by atoms with Crippen LogP contribution in [0, 0.1) is 5.92 Å². The second-order valence-electron chi connectivity index (χ2n) is 6.21. The van der Waals surface area contributed by atoms with Gasteiger partial charge in [-0.25, -0.2) is 0 Å². The molecule has 7 nitrogen and oxygen atoms in total. The highest BCUT2D eigenvalue weighted by Crippen LogP contribution is 2.35. The van der Waals surface area contributed by atoms with E-state index in [1.165, 1.54) is 19.1 Å². The minimum Gasteiger partial charge on any atom is -0.493 e. The number of methoxy groups -OCH3 is 2. The molecule has 0 bridgehead atoms. The highest BCUT2D eigenvalue weighted by atomic mass is 35.5. The minimum absolute atomic E-state index is 0. The van der Waals surface area contributed by atoms with Crippen LogP contribution in [0.15, 0.2) is 12.1 Å². The number of carbonyl (C=O) groups is 2. The zero-order valence-corrected chi connectivity index (χ0v) is 15.8. The maximum absolute atomic E-state index is 12.5. The third-order valence-corrected chi connectivity index (χ3v) is 4.26. The Morgan fingerprint density at radius 3 is 2.24 bits per heavy atom. The summed E-state index contributed by atoms with van der Waals surface area (Å²) in [6, 6.07) is 3.26. The highest BCUT2D eigenvalue weighted by molar-refractivity contribution is 6.05. The van der Waals surface area contributed by atoms with Crippen molar-refractivity contribution in [2.75, 3.05) is 33.6 Å². The topological polar surface area (TPSA) is 93.9 Å². The van der Waals surface area contributed by atoms with E-state index in [1.54, 1.807) is 26.2 Å². The third-order valence-electron chi connectivity index (χ3n) is 4.26. The van der Waals surface area contributed by atoms with Gasteiger partial charge in [-0.15, -0.1) is 12.4 Å². The van der Waals surface area contributed by atoms with E-state index in [9.17, 15) is 9.59 Å². The molecule has 0 saturated heterocycles. The lowest BCUT2D eigenvalue weighted by molar-refractivity contribution is -0.119. The van der Waals surface area contributed by atoms with Crippen LogP contribution < -0.4 is 20.5 Å². The van der Waals surface area contributed by atoms with Crippen LogP contribution in [0.1, 0.15) is 29.6 Å². The van der Waals surface area contributed by atoms with Gasteiger partial charge >= 0.3 is 0 Å². The monoisotopic (exact) mass is 371 g/mol. The number of nitrogens with zero attached hydrogens (tertiary/aromatic N) is 1. The van der Waals surface area contributed by atoms with Crippen LogP contribution in [0.5, 0.6) is 11.5 Å². The first-order chi connectivity index (χ1) is 11.4. The average Bonchev–Trinajstić information content (AvgIpc) is 3.00. The normalized spacial score (nSPS) is 18.9. The number of amides is 2. The molecule has 1 aromatic carbocycles. The van der Waals surface area contributed by atoms with E-state index in [2.05, 4.69) is 5.32 Å². The molecule has 1 aliphatic carbocycles. The van der Waals surface area contributed by atoms with Crippen molar-refractivity contribution >= 4 is 29.9 Å². The molecule has 2 unspecified atom stereocenters. The Bertz CT molecular complexity index is 637. The summed E-state index contributed by atoms with van der Waals surface area (Å²) in [5.74, 6) is 0.405. The molecule has 0 spiro atoms. The molecular weight excluding hydrogens is 346 g/mol. The zero-order valence-electron chi connectivity index (χ0n) is 15.0. The van der Waals surface area contributed by atoms with Crippen molar-refractivity contribution in [1.29, 1.82) is 0 Å². The second kappa shape index (κ2) is 8.92. The molecular formula is C17H26ClN3O4. The average molecular weight is 372 g/mol. The van der Waals surface area contributed by atoms with Crippen molar-refractivity contribution in [2.45, 2.75) is 25.3 Å². The molecule has 0 aliphatic heterocycles. The van der Waals surface area contributed by atoms with E-state index in [4.69, 9.17) is 15.2 Å². The van der Waals surface area contributed by atoms with E-state index in [1.807, 2.05) is 0 Å². The van der Waals surface area contributed by atoms with E-state index >= 15 is 0 Å². The van der Waals surface area contributed by atoms with E-state index < -0.39 is 0 Å². The maximum Gasteiger partial charge on any atom is 0.255 e. The largest absolute Gasteiger partial charge is 0.493 e. The third kappa shape index (κ3) is 4.76. The summed E-state index contributed by atoms with van der Waals surface area (Å²) in [4.78, 5) is 26.4. The van der Waals surface area contributed by atoms with Crippen LogP contribution in [0.4, 0.5) is 5.69 Å². The molecule has 1 saturated carbocycles. The lowest BCUT2D eigenvalue weighted by atomic mass is 10.1. The smallest absolute Gasteiger partial charge is 0.255 e. The molecule has 1 aromatic rings. The number of hydrogen-bond acceptors (Lipinski definition) is 5. The molecule has 2 atom stereocenters. The van der Waals surface area contributed by atoms with Gasteiger partial charge < -0.3 is 25.4 Å². The molecule has 2 amide bonds. The van der Waals surface area contributed by atoms with Crippen LogP contribution in [0.3, 0.4) is 0 Å². The summed E-state index contributed by atoms with van der Waals surface area (Å²) in [7, 11) is 6.31. The van der Waals surface area contributed by atoms with E-state index in [-0.39, 0.29) is 36.2 Å². The predicted molar refractivity (Wildman–Crippen MR) is 98.8 cm³/mol. The maximum atomic E-state index is 12.5. The summed E-state index contributed by atoms with van der Waals surface area (Å²) in [6.07, 6.45) is 2.26. The van der Waals surface area contributed by atoms with Gasteiger partial charge in [-0.3, -0.25) is 9.59 Å². The summed E-state index contributed by atoms with van der Waals surface area (Å²) in [5, 5.41) is 2.86. The first-order valence-corrected chi connectivity index (χ1v) is 7.91. The molecule has 0 heterocycles. The van der Waals surface area contributed by atoms with Gasteiger partial charge in [-0.1, -0.05) is 0 Å². The van der Waals surface area contributed by atoms with Gasteiger partial charge in [0.05, 0.1) is 25.5 Å². The fourth-order valence-electron chi connectivity index (χ4n) is 2.89. The number of rotatable bonds is 5. The Balaban J connectivity index is 0.00000312.